The Morgan fingerprint density at radius 1 is 1.00 bits per heavy atom. The Morgan fingerprint density at radius 2 is 1.86 bits per heavy atom. The number of hydrogen-bond donors (Lipinski definition) is 1. The molecular weight excluding hydrogens is 447 g/mol. The van der Waals surface area contributed by atoms with Crippen LogP contribution in [-0.2, 0) is 7.05 Å². The van der Waals surface area contributed by atoms with Crippen molar-refractivity contribution in [3.8, 4) is 22.6 Å². The average Bonchev–Trinajstić information content (AvgIpc) is 3.46. The van der Waals surface area contributed by atoms with E-state index >= 15 is 0 Å². The summed E-state index contributed by atoms with van der Waals surface area (Å²) >= 11 is 0. The maximum absolute atomic E-state index is 14.4. The van der Waals surface area contributed by atoms with Gasteiger partial charge < -0.3 is 5.73 Å². The Balaban J connectivity index is 1.53. The number of pyridine rings is 1. The maximum Gasteiger partial charge on any atom is 0.164 e. The number of halogens is 1. The number of aryl methyl sites for hydroxylation is 1. The smallest absolute Gasteiger partial charge is 0.164 e. The quantitative estimate of drug-likeness (QED) is 0.418. The van der Waals surface area contributed by atoms with Gasteiger partial charge in [-0.15, -0.1) is 0 Å². The predicted molar refractivity (Wildman–Crippen MR) is 128 cm³/mol. The van der Waals surface area contributed by atoms with E-state index in [1.54, 1.807) is 58.4 Å². The molecule has 6 rings (SSSR count). The first-order valence-corrected chi connectivity index (χ1v) is 10.9. The highest BCUT2D eigenvalue weighted by Crippen LogP contribution is 2.35. The first-order chi connectivity index (χ1) is 17.0. The summed E-state index contributed by atoms with van der Waals surface area (Å²) in [5, 5.41) is 10.7. The van der Waals surface area contributed by atoms with Crippen LogP contribution in [0.15, 0.2) is 61.4 Å². The number of nitrogens with zero attached hydrogens (tertiary/aromatic N) is 9. The molecule has 0 bridgehead atoms. The van der Waals surface area contributed by atoms with Gasteiger partial charge in [0.05, 0.1) is 40.6 Å². The Morgan fingerprint density at radius 3 is 2.71 bits per heavy atom. The van der Waals surface area contributed by atoms with Gasteiger partial charge in [0.25, 0.3) is 0 Å². The molecule has 0 saturated heterocycles. The van der Waals surface area contributed by atoms with Crippen molar-refractivity contribution in [1.82, 2.24) is 44.5 Å². The van der Waals surface area contributed by atoms with Crippen molar-refractivity contribution in [2.75, 3.05) is 5.73 Å². The van der Waals surface area contributed by atoms with Gasteiger partial charge >= 0.3 is 0 Å². The fourth-order valence-electron chi connectivity index (χ4n) is 4.21. The molecule has 5 heterocycles. The molecule has 0 saturated carbocycles. The SMILES string of the molecule is CC(c1ccnc(-c2ccccc2F)n1)n1nc(-c2cncc3c2cnn3C)c2c(N)ncnc21. The van der Waals surface area contributed by atoms with Crippen molar-refractivity contribution < 1.29 is 4.39 Å². The Kier molecular flexibility index (Phi) is 4.69. The first-order valence-electron chi connectivity index (χ1n) is 10.9. The summed E-state index contributed by atoms with van der Waals surface area (Å²) in [6.07, 6.45) is 8.26. The van der Waals surface area contributed by atoms with Gasteiger partial charge in [0.1, 0.15) is 23.7 Å². The molecule has 11 heteroatoms. The molecule has 1 aromatic carbocycles. The molecule has 1 atom stereocenters. The van der Waals surface area contributed by atoms with Crippen LogP contribution in [0.25, 0.3) is 44.6 Å². The third-order valence-corrected chi connectivity index (χ3v) is 6.04. The zero-order valence-corrected chi connectivity index (χ0v) is 18.8. The Hall–Kier alpha value is -4.80. The number of fused-ring (bicyclic) bond motifs is 2. The molecule has 172 valence electrons. The van der Waals surface area contributed by atoms with Gasteiger partial charge in [-0.2, -0.15) is 10.2 Å². The third-order valence-electron chi connectivity index (χ3n) is 6.04. The van der Waals surface area contributed by atoms with E-state index in [-0.39, 0.29) is 11.9 Å². The second-order valence-electron chi connectivity index (χ2n) is 8.10. The van der Waals surface area contributed by atoms with E-state index in [1.165, 1.54) is 12.4 Å². The fourth-order valence-corrected chi connectivity index (χ4v) is 4.21. The van der Waals surface area contributed by atoms with E-state index in [9.17, 15) is 4.39 Å². The lowest BCUT2D eigenvalue weighted by atomic mass is 10.1. The lowest BCUT2D eigenvalue weighted by Crippen LogP contribution is -2.12. The molecule has 10 nitrogen and oxygen atoms in total. The van der Waals surface area contributed by atoms with Crippen molar-refractivity contribution >= 4 is 27.8 Å². The number of hydrogen-bond acceptors (Lipinski definition) is 8. The van der Waals surface area contributed by atoms with Gasteiger partial charge in [0, 0.05) is 30.4 Å². The number of rotatable bonds is 4. The molecule has 1 unspecified atom stereocenters. The average molecular weight is 466 g/mol. The Labute approximate surface area is 198 Å². The highest BCUT2D eigenvalue weighted by molar-refractivity contribution is 6.04. The van der Waals surface area contributed by atoms with Crippen molar-refractivity contribution in [1.29, 1.82) is 0 Å². The lowest BCUT2D eigenvalue weighted by Gasteiger charge is -2.13. The molecule has 0 spiro atoms. The molecule has 35 heavy (non-hydrogen) atoms. The second kappa shape index (κ2) is 7.90. The summed E-state index contributed by atoms with van der Waals surface area (Å²) < 4.78 is 17.9. The van der Waals surface area contributed by atoms with Crippen LogP contribution in [0.5, 0.6) is 0 Å². The summed E-state index contributed by atoms with van der Waals surface area (Å²) in [5.74, 6) is 0.211. The van der Waals surface area contributed by atoms with E-state index in [2.05, 4.69) is 30.0 Å². The molecule has 5 aromatic heterocycles. The molecule has 0 fully saturated rings. The van der Waals surface area contributed by atoms with Crippen LogP contribution in [0.2, 0.25) is 0 Å². The largest absolute Gasteiger partial charge is 0.383 e. The molecule has 0 aliphatic rings. The van der Waals surface area contributed by atoms with Crippen molar-refractivity contribution in [3.63, 3.8) is 0 Å². The van der Waals surface area contributed by atoms with Crippen LogP contribution in [0.1, 0.15) is 18.7 Å². The van der Waals surface area contributed by atoms with Gasteiger partial charge in [-0.1, -0.05) is 12.1 Å². The zero-order valence-electron chi connectivity index (χ0n) is 18.8. The van der Waals surface area contributed by atoms with E-state index in [0.29, 0.717) is 39.6 Å². The summed E-state index contributed by atoms with van der Waals surface area (Å²) in [5.41, 5.74) is 10.0. The lowest BCUT2D eigenvalue weighted by molar-refractivity contribution is 0.565. The minimum absolute atomic E-state index is 0.294. The summed E-state index contributed by atoms with van der Waals surface area (Å²) in [4.78, 5) is 21.9. The van der Waals surface area contributed by atoms with Gasteiger partial charge in [-0.05, 0) is 25.1 Å². The normalized spacial score (nSPS) is 12.4. The van der Waals surface area contributed by atoms with Gasteiger partial charge in [0.2, 0.25) is 0 Å². The predicted octanol–water partition coefficient (Wildman–Crippen LogP) is 3.56. The molecule has 6 aromatic rings. The third kappa shape index (κ3) is 3.28. The van der Waals surface area contributed by atoms with Crippen LogP contribution in [0.3, 0.4) is 0 Å². The van der Waals surface area contributed by atoms with Gasteiger partial charge in [-0.3, -0.25) is 9.67 Å². The summed E-state index contributed by atoms with van der Waals surface area (Å²) in [7, 11) is 1.85. The molecular formula is C24H19FN10. The number of aromatic nitrogens is 9. The van der Waals surface area contributed by atoms with Crippen molar-refractivity contribution in [3.05, 3.63) is 73.0 Å². The fraction of sp³-hybridized carbons (Fsp3) is 0.125. The van der Waals surface area contributed by atoms with Crippen LogP contribution in [-0.4, -0.2) is 44.5 Å². The van der Waals surface area contributed by atoms with E-state index in [1.807, 2.05) is 14.0 Å². The van der Waals surface area contributed by atoms with Crippen LogP contribution in [0, 0.1) is 5.82 Å². The highest BCUT2D eigenvalue weighted by Gasteiger charge is 2.24. The minimum Gasteiger partial charge on any atom is -0.383 e. The number of anilines is 1. The van der Waals surface area contributed by atoms with Gasteiger partial charge in [0.15, 0.2) is 11.5 Å². The van der Waals surface area contributed by atoms with E-state index < -0.39 is 0 Å². The molecule has 0 aliphatic carbocycles. The summed E-state index contributed by atoms with van der Waals surface area (Å²) in [6.45, 7) is 1.94. The molecule has 0 radical (unpaired) electrons. The van der Waals surface area contributed by atoms with E-state index in [0.717, 1.165) is 16.5 Å². The second-order valence-corrected chi connectivity index (χ2v) is 8.10. The number of benzene rings is 1. The summed E-state index contributed by atoms with van der Waals surface area (Å²) in [6, 6.07) is 7.82. The monoisotopic (exact) mass is 466 g/mol. The number of nitrogen functional groups attached to an aromatic ring is 1. The maximum atomic E-state index is 14.4. The van der Waals surface area contributed by atoms with E-state index in [4.69, 9.17) is 10.8 Å². The topological polar surface area (TPSA) is 126 Å². The molecule has 0 aliphatic heterocycles. The molecule has 0 amide bonds. The highest BCUT2D eigenvalue weighted by atomic mass is 19.1. The molecule has 2 N–H and O–H groups in total. The van der Waals surface area contributed by atoms with Crippen LogP contribution < -0.4 is 5.73 Å². The van der Waals surface area contributed by atoms with Crippen molar-refractivity contribution in [2.45, 2.75) is 13.0 Å². The first kappa shape index (κ1) is 20.8. The number of nitrogens with two attached hydrogens (primary N) is 1. The van der Waals surface area contributed by atoms with Crippen molar-refractivity contribution in [2.24, 2.45) is 7.05 Å². The Bertz CT molecular complexity index is 1720. The minimum atomic E-state index is -0.387. The van der Waals surface area contributed by atoms with Gasteiger partial charge in [-0.25, -0.2) is 29.0 Å². The standard InChI is InChI=1S/C24H19FN10/c1-13(18-7-8-28-23(32-18)14-5-3-4-6-17(14)25)35-24-20(22(26)29-12-30-24)21(33-35)16-9-27-11-19-15(16)10-31-34(19)2/h3-13H,1-2H3,(H2,26,29,30). The van der Waals surface area contributed by atoms with Crippen LogP contribution in [0.4, 0.5) is 10.2 Å². The zero-order chi connectivity index (χ0) is 24.1. The van der Waals surface area contributed by atoms with Crippen LogP contribution >= 0.6 is 0 Å².